The molecule has 0 aromatic carbocycles. The van der Waals surface area contributed by atoms with Gasteiger partial charge in [0.05, 0.1) is 0 Å². The SMILES string of the molecule is CC(C)C(=O)C1CC(F)(F)C1. The minimum absolute atomic E-state index is 0.0177. The Hall–Kier alpha value is -0.470. The van der Waals surface area contributed by atoms with E-state index >= 15 is 0 Å². The molecule has 0 N–H and O–H groups in total. The molecule has 11 heavy (non-hydrogen) atoms. The molecule has 0 aromatic rings. The largest absolute Gasteiger partial charge is 0.299 e. The topological polar surface area (TPSA) is 17.1 Å². The molecule has 1 rings (SSSR count). The van der Waals surface area contributed by atoms with Crippen molar-refractivity contribution >= 4 is 5.78 Å². The Balaban J connectivity index is 2.38. The fourth-order valence-corrected chi connectivity index (χ4v) is 1.33. The van der Waals surface area contributed by atoms with Crippen LogP contribution in [0.15, 0.2) is 0 Å². The van der Waals surface area contributed by atoms with Crippen LogP contribution in [0.4, 0.5) is 8.78 Å². The van der Waals surface area contributed by atoms with Crippen molar-refractivity contribution < 1.29 is 13.6 Å². The lowest BCUT2D eigenvalue weighted by Gasteiger charge is -2.34. The summed E-state index contributed by atoms with van der Waals surface area (Å²) in [5, 5.41) is 0. The second-order valence-electron chi connectivity index (χ2n) is 3.52. The molecule has 0 radical (unpaired) electrons. The molecule has 0 atom stereocenters. The van der Waals surface area contributed by atoms with Gasteiger partial charge in [0.15, 0.2) is 0 Å². The van der Waals surface area contributed by atoms with Crippen molar-refractivity contribution in [1.29, 1.82) is 0 Å². The molecular weight excluding hydrogens is 150 g/mol. The molecule has 1 saturated carbocycles. The number of hydrogen-bond acceptors (Lipinski definition) is 1. The second-order valence-corrected chi connectivity index (χ2v) is 3.52. The first kappa shape index (κ1) is 8.62. The van der Waals surface area contributed by atoms with Crippen LogP contribution in [0, 0.1) is 11.8 Å². The first-order valence-corrected chi connectivity index (χ1v) is 3.84. The summed E-state index contributed by atoms with van der Waals surface area (Å²) < 4.78 is 24.5. The van der Waals surface area contributed by atoms with Crippen LogP contribution in [0.3, 0.4) is 0 Å². The number of carbonyl (C=O) groups is 1. The van der Waals surface area contributed by atoms with Crippen LogP contribution in [-0.4, -0.2) is 11.7 Å². The zero-order valence-electron chi connectivity index (χ0n) is 6.73. The molecule has 1 fully saturated rings. The molecule has 3 heteroatoms. The highest BCUT2D eigenvalue weighted by Crippen LogP contribution is 2.43. The van der Waals surface area contributed by atoms with Crippen molar-refractivity contribution in [3.63, 3.8) is 0 Å². The van der Waals surface area contributed by atoms with E-state index in [0.717, 1.165) is 0 Å². The maximum Gasteiger partial charge on any atom is 0.249 e. The predicted octanol–water partition coefficient (Wildman–Crippen LogP) is 2.26. The molecule has 0 unspecified atom stereocenters. The van der Waals surface area contributed by atoms with E-state index in [2.05, 4.69) is 0 Å². The van der Waals surface area contributed by atoms with E-state index in [1.807, 2.05) is 0 Å². The minimum Gasteiger partial charge on any atom is -0.299 e. The minimum atomic E-state index is -2.56. The highest BCUT2D eigenvalue weighted by molar-refractivity contribution is 5.83. The van der Waals surface area contributed by atoms with Crippen molar-refractivity contribution in [3.8, 4) is 0 Å². The Bertz CT molecular complexity index is 167. The highest BCUT2D eigenvalue weighted by Gasteiger charge is 2.48. The molecule has 1 nitrogen and oxygen atoms in total. The summed E-state index contributed by atoms with van der Waals surface area (Å²) in [7, 11) is 0. The number of ketones is 1. The third kappa shape index (κ3) is 1.76. The lowest BCUT2D eigenvalue weighted by Crippen LogP contribution is -2.41. The summed E-state index contributed by atoms with van der Waals surface area (Å²) in [5.41, 5.74) is 0. The molecule has 0 saturated heterocycles. The van der Waals surface area contributed by atoms with Crippen molar-refractivity contribution in [2.24, 2.45) is 11.8 Å². The summed E-state index contributed by atoms with van der Waals surface area (Å²) in [4.78, 5) is 11.1. The zero-order chi connectivity index (χ0) is 8.65. The Kier molecular flexibility index (Phi) is 1.99. The Morgan fingerprint density at radius 3 is 2.18 bits per heavy atom. The normalized spacial score (nSPS) is 23.4. The van der Waals surface area contributed by atoms with Crippen molar-refractivity contribution in [1.82, 2.24) is 0 Å². The summed E-state index contributed by atoms with van der Waals surface area (Å²) in [6.07, 6.45) is -0.464. The van der Waals surface area contributed by atoms with Gasteiger partial charge in [-0.15, -0.1) is 0 Å². The van der Waals surface area contributed by atoms with E-state index in [4.69, 9.17) is 0 Å². The molecule has 0 heterocycles. The number of rotatable bonds is 2. The van der Waals surface area contributed by atoms with Crippen molar-refractivity contribution in [2.45, 2.75) is 32.6 Å². The fourth-order valence-electron chi connectivity index (χ4n) is 1.33. The molecular formula is C8H12F2O. The summed E-state index contributed by atoms with van der Waals surface area (Å²) in [5.74, 6) is -3.05. The van der Waals surface area contributed by atoms with Crippen molar-refractivity contribution in [2.75, 3.05) is 0 Å². The standard InChI is InChI=1S/C8H12F2O/c1-5(2)7(11)6-3-8(9,10)4-6/h5-6H,3-4H2,1-2H3. The van der Waals surface area contributed by atoms with E-state index in [-0.39, 0.29) is 30.5 Å². The van der Waals surface area contributed by atoms with E-state index in [0.29, 0.717) is 0 Å². The second kappa shape index (κ2) is 2.54. The monoisotopic (exact) mass is 162 g/mol. The summed E-state index contributed by atoms with van der Waals surface area (Å²) >= 11 is 0. The van der Waals surface area contributed by atoms with E-state index in [1.165, 1.54) is 0 Å². The van der Waals surface area contributed by atoms with Gasteiger partial charge in [-0.3, -0.25) is 4.79 Å². The van der Waals surface area contributed by atoms with Gasteiger partial charge < -0.3 is 0 Å². The smallest absolute Gasteiger partial charge is 0.249 e. The van der Waals surface area contributed by atoms with Gasteiger partial charge in [0, 0.05) is 24.7 Å². The maximum atomic E-state index is 12.3. The van der Waals surface area contributed by atoms with Gasteiger partial charge in [-0.2, -0.15) is 0 Å². The van der Waals surface area contributed by atoms with Gasteiger partial charge in [0.2, 0.25) is 5.92 Å². The average molecular weight is 162 g/mol. The molecule has 1 aliphatic rings. The van der Waals surface area contributed by atoms with Crippen LogP contribution in [0.25, 0.3) is 0 Å². The Morgan fingerprint density at radius 2 is 1.91 bits per heavy atom. The van der Waals surface area contributed by atoms with Crippen LogP contribution in [0.2, 0.25) is 0 Å². The third-order valence-electron chi connectivity index (χ3n) is 2.06. The van der Waals surface area contributed by atoms with Crippen LogP contribution >= 0.6 is 0 Å². The number of hydrogen-bond donors (Lipinski definition) is 0. The summed E-state index contributed by atoms with van der Waals surface area (Å²) in [6, 6.07) is 0. The van der Waals surface area contributed by atoms with Crippen LogP contribution in [-0.2, 0) is 4.79 Å². The van der Waals surface area contributed by atoms with Crippen LogP contribution in [0.5, 0.6) is 0 Å². The first-order valence-electron chi connectivity index (χ1n) is 3.84. The van der Waals surface area contributed by atoms with Crippen LogP contribution in [0.1, 0.15) is 26.7 Å². The molecule has 0 amide bonds. The van der Waals surface area contributed by atoms with Crippen LogP contribution < -0.4 is 0 Å². The van der Waals surface area contributed by atoms with E-state index in [1.54, 1.807) is 13.8 Å². The van der Waals surface area contributed by atoms with Gasteiger partial charge in [-0.25, -0.2) is 8.78 Å². The quantitative estimate of drug-likeness (QED) is 0.608. The number of halogens is 2. The van der Waals surface area contributed by atoms with Crippen molar-refractivity contribution in [3.05, 3.63) is 0 Å². The van der Waals surface area contributed by atoms with Gasteiger partial charge in [-0.05, 0) is 0 Å². The van der Waals surface area contributed by atoms with Gasteiger partial charge in [-0.1, -0.05) is 13.8 Å². The molecule has 0 aliphatic heterocycles. The number of carbonyl (C=O) groups excluding carboxylic acids is 1. The highest BCUT2D eigenvalue weighted by atomic mass is 19.3. The van der Waals surface area contributed by atoms with E-state index < -0.39 is 5.92 Å². The average Bonchev–Trinajstić information content (AvgIpc) is 1.80. The lowest BCUT2D eigenvalue weighted by atomic mass is 9.76. The molecule has 0 aromatic heterocycles. The number of alkyl halides is 2. The Labute approximate surface area is 64.8 Å². The molecule has 1 aliphatic carbocycles. The lowest BCUT2D eigenvalue weighted by molar-refractivity contribution is -0.150. The zero-order valence-corrected chi connectivity index (χ0v) is 6.73. The molecule has 0 bridgehead atoms. The van der Waals surface area contributed by atoms with E-state index in [9.17, 15) is 13.6 Å². The first-order chi connectivity index (χ1) is 4.92. The third-order valence-corrected chi connectivity index (χ3v) is 2.06. The maximum absolute atomic E-state index is 12.3. The summed E-state index contributed by atoms with van der Waals surface area (Å²) in [6.45, 7) is 3.50. The molecule has 64 valence electrons. The number of Topliss-reactive ketones (excluding diaryl/α,β-unsaturated/α-hetero) is 1. The predicted molar refractivity (Wildman–Crippen MR) is 37.5 cm³/mol. The van der Waals surface area contributed by atoms with Gasteiger partial charge in [0.1, 0.15) is 5.78 Å². The Morgan fingerprint density at radius 1 is 1.45 bits per heavy atom. The fraction of sp³-hybridized carbons (Fsp3) is 0.875. The molecule has 0 spiro atoms. The van der Waals surface area contributed by atoms with Gasteiger partial charge in [0.25, 0.3) is 0 Å². The van der Waals surface area contributed by atoms with Gasteiger partial charge >= 0.3 is 0 Å².